The van der Waals surface area contributed by atoms with Gasteiger partial charge < -0.3 is 20.1 Å². The average molecular weight is 494 g/mol. The van der Waals surface area contributed by atoms with Crippen LogP contribution in [0.2, 0.25) is 0 Å². The lowest BCUT2D eigenvalue weighted by molar-refractivity contribution is -0.137. The van der Waals surface area contributed by atoms with E-state index in [0.717, 1.165) is 51.4 Å². The molecule has 0 radical (unpaired) electrons. The molecule has 3 aromatic rings. The number of aliphatic imine (C=N–C) groups is 1. The van der Waals surface area contributed by atoms with Gasteiger partial charge in [-0.25, -0.2) is 9.97 Å². The van der Waals surface area contributed by atoms with Crippen LogP contribution in [0.4, 0.5) is 11.5 Å². The van der Waals surface area contributed by atoms with Gasteiger partial charge in [0.05, 0.1) is 29.8 Å². The fourth-order valence-electron chi connectivity index (χ4n) is 5.02. The first kappa shape index (κ1) is 23.7. The zero-order valence-electron chi connectivity index (χ0n) is 20.6. The van der Waals surface area contributed by atoms with Crippen molar-refractivity contribution < 1.29 is 14.6 Å². The van der Waals surface area contributed by atoms with Crippen LogP contribution in [0.3, 0.4) is 0 Å². The molecule has 1 aliphatic heterocycles. The van der Waals surface area contributed by atoms with Crippen LogP contribution in [-0.4, -0.2) is 57.9 Å². The number of hydrogen-bond donors (Lipinski definition) is 2. The number of thiophene rings is 1. The summed E-state index contributed by atoms with van der Waals surface area (Å²) in [5.41, 5.74) is 3.41. The smallest absolute Gasteiger partial charge is 0.225 e. The number of anilines is 2. The third-order valence-corrected chi connectivity index (χ3v) is 7.64. The second-order valence-corrected chi connectivity index (χ2v) is 11.0. The van der Waals surface area contributed by atoms with Gasteiger partial charge in [0.25, 0.3) is 0 Å². The monoisotopic (exact) mass is 493 g/mol. The summed E-state index contributed by atoms with van der Waals surface area (Å²) >= 11 is 1.64. The Labute approximate surface area is 209 Å². The summed E-state index contributed by atoms with van der Waals surface area (Å²) < 4.78 is 5.92. The highest BCUT2D eigenvalue weighted by molar-refractivity contribution is 7.19. The number of carbonyl (C=O) groups is 1. The maximum atomic E-state index is 13.1. The van der Waals surface area contributed by atoms with E-state index in [0.29, 0.717) is 26.1 Å². The lowest BCUT2D eigenvalue weighted by Crippen LogP contribution is -2.43. The highest BCUT2D eigenvalue weighted by Crippen LogP contribution is 2.42. The molecule has 8 nitrogen and oxygen atoms in total. The van der Waals surface area contributed by atoms with Crippen LogP contribution in [0, 0.1) is 5.92 Å². The van der Waals surface area contributed by atoms with Crippen molar-refractivity contribution >= 4 is 45.2 Å². The maximum absolute atomic E-state index is 13.1. The van der Waals surface area contributed by atoms with Crippen LogP contribution in [0.15, 0.2) is 23.5 Å². The lowest BCUT2D eigenvalue weighted by atomic mass is 9.86. The molecule has 9 heteroatoms. The number of carbonyl (C=O) groups excluding carboxylic acids is 1. The third-order valence-electron chi connectivity index (χ3n) is 6.48. The highest BCUT2D eigenvalue weighted by Gasteiger charge is 2.32. The van der Waals surface area contributed by atoms with Crippen LogP contribution in [0.5, 0.6) is 5.75 Å². The normalized spacial score (nSPS) is 16.8. The Morgan fingerprint density at radius 1 is 1.34 bits per heavy atom. The van der Waals surface area contributed by atoms with E-state index < -0.39 is 5.60 Å². The number of aliphatic hydroxyl groups is 1. The van der Waals surface area contributed by atoms with E-state index in [1.165, 1.54) is 10.4 Å². The summed E-state index contributed by atoms with van der Waals surface area (Å²) in [6.07, 6.45) is 5.72. The number of nitrogens with one attached hydrogen (secondary N) is 1. The van der Waals surface area contributed by atoms with Crippen molar-refractivity contribution in [2.75, 3.05) is 25.5 Å². The van der Waals surface area contributed by atoms with Crippen molar-refractivity contribution in [3.05, 3.63) is 40.0 Å². The minimum Gasteiger partial charge on any atom is -0.492 e. The van der Waals surface area contributed by atoms with Gasteiger partial charge in [0.15, 0.2) is 0 Å². The SMILES string of the molecule is CCOc1cc2c(cc1Nc1ncnc3sc4c(c13)CC[C@H](C(=O)N(C)CC(C)(C)O)C4)C=NC2. The minimum atomic E-state index is -0.915. The van der Waals surface area contributed by atoms with Gasteiger partial charge in [0.1, 0.15) is 22.7 Å². The number of amides is 1. The molecule has 0 fully saturated rings. The molecule has 1 atom stereocenters. The molecule has 1 aromatic carbocycles. The number of rotatable bonds is 7. The molecule has 2 N–H and O–H groups in total. The molecule has 0 bridgehead atoms. The first-order chi connectivity index (χ1) is 16.7. The molecule has 2 aliphatic rings. The number of benzene rings is 1. The minimum absolute atomic E-state index is 0.0841. The fraction of sp³-hybridized carbons (Fsp3) is 0.462. The Bertz CT molecular complexity index is 1310. The number of nitrogens with zero attached hydrogens (tertiary/aromatic N) is 4. The second-order valence-electron chi connectivity index (χ2n) is 9.93. The molecule has 0 spiro atoms. The van der Waals surface area contributed by atoms with E-state index in [1.807, 2.05) is 13.1 Å². The van der Waals surface area contributed by atoms with E-state index in [2.05, 4.69) is 32.4 Å². The second kappa shape index (κ2) is 9.20. The first-order valence-corrected chi connectivity index (χ1v) is 12.8. The van der Waals surface area contributed by atoms with Gasteiger partial charge in [-0.3, -0.25) is 9.79 Å². The van der Waals surface area contributed by atoms with Crippen LogP contribution >= 0.6 is 11.3 Å². The van der Waals surface area contributed by atoms with E-state index in [-0.39, 0.29) is 11.8 Å². The standard InChI is InChI=1S/C26H31N5O3S/c1-5-34-20-9-17-12-27-11-16(17)8-19(20)30-23-22-18-7-6-15(25(32)31(4)13-26(2,3)33)10-21(18)35-24(22)29-14-28-23/h8-9,11,14-15,33H,5-7,10,12-13H2,1-4H3,(H,28,29,30)/t15-/m0/s1. The number of aryl methyl sites for hydroxylation is 1. The largest absolute Gasteiger partial charge is 0.492 e. The van der Waals surface area contributed by atoms with Crippen molar-refractivity contribution in [3.63, 3.8) is 0 Å². The average Bonchev–Trinajstić information content (AvgIpc) is 3.41. The quantitative estimate of drug-likeness (QED) is 0.514. The Kier molecular flexibility index (Phi) is 6.23. The first-order valence-electron chi connectivity index (χ1n) is 12.0. The number of likely N-dealkylation sites (N-methyl/N-ethyl adjacent to an activating group) is 1. The van der Waals surface area contributed by atoms with Crippen molar-refractivity contribution in [1.82, 2.24) is 14.9 Å². The fourth-order valence-corrected chi connectivity index (χ4v) is 6.29. The Morgan fingerprint density at radius 3 is 2.94 bits per heavy atom. The van der Waals surface area contributed by atoms with Gasteiger partial charge in [-0.15, -0.1) is 11.3 Å². The van der Waals surface area contributed by atoms with Gasteiger partial charge >= 0.3 is 0 Å². The molecular weight excluding hydrogens is 462 g/mol. The van der Waals surface area contributed by atoms with E-state index >= 15 is 0 Å². The summed E-state index contributed by atoms with van der Waals surface area (Å²) in [6.45, 7) is 6.98. The van der Waals surface area contributed by atoms with Crippen LogP contribution in [0.25, 0.3) is 10.2 Å². The van der Waals surface area contributed by atoms with Gasteiger partial charge in [0, 0.05) is 30.6 Å². The lowest BCUT2D eigenvalue weighted by Gasteiger charge is -2.30. The predicted octanol–water partition coefficient (Wildman–Crippen LogP) is 4.10. The zero-order chi connectivity index (χ0) is 24.7. The van der Waals surface area contributed by atoms with Gasteiger partial charge in [-0.2, -0.15) is 0 Å². The molecule has 0 saturated carbocycles. The van der Waals surface area contributed by atoms with E-state index in [9.17, 15) is 9.90 Å². The summed E-state index contributed by atoms with van der Waals surface area (Å²) in [5.74, 6) is 1.54. The number of aromatic nitrogens is 2. The molecule has 1 aliphatic carbocycles. The number of ether oxygens (including phenoxy) is 1. The predicted molar refractivity (Wildman–Crippen MR) is 139 cm³/mol. The number of fused-ring (bicyclic) bond motifs is 4. The van der Waals surface area contributed by atoms with Crippen LogP contribution in [0.1, 0.15) is 48.8 Å². The van der Waals surface area contributed by atoms with Gasteiger partial charge in [0.2, 0.25) is 5.91 Å². The maximum Gasteiger partial charge on any atom is 0.225 e. The van der Waals surface area contributed by atoms with Gasteiger partial charge in [-0.1, -0.05) is 0 Å². The molecule has 35 heavy (non-hydrogen) atoms. The summed E-state index contributed by atoms with van der Waals surface area (Å²) in [6, 6.07) is 4.12. The van der Waals surface area contributed by atoms with Crippen LogP contribution < -0.4 is 10.1 Å². The molecule has 2 aromatic heterocycles. The Hall–Kier alpha value is -3.04. The van der Waals surface area contributed by atoms with Crippen molar-refractivity contribution in [2.45, 2.75) is 52.2 Å². The number of hydrogen-bond acceptors (Lipinski definition) is 8. The molecule has 5 rings (SSSR count). The van der Waals surface area contributed by atoms with Crippen molar-refractivity contribution in [1.29, 1.82) is 0 Å². The molecule has 184 valence electrons. The summed E-state index contributed by atoms with van der Waals surface area (Å²) in [5, 5.41) is 14.7. The van der Waals surface area contributed by atoms with Crippen molar-refractivity contribution in [2.24, 2.45) is 10.9 Å². The highest BCUT2D eigenvalue weighted by atomic mass is 32.1. The molecule has 3 heterocycles. The third kappa shape index (κ3) is 4.75. The van der Waals surface area contributed by atoms with Crippen LogP contribution in [-0.2, 0) is 24.2 Å². The summed E-state index contributed by atoms with van der Waals surface area (Å²) in [4.78, 5) is 30.3. The Morgan fingerprint density at radius 2 is 2.17 bits per heavy atom. The van der Waals surface area contributed by atoms with Crippen molar-refractivity contribution in [3.8, 4) is 5.75 Å². The molecule has 1 amide bonds. The molecule has 0 saturated heterocycles. The summed E-state index contributed by atoms with van der Waals surface area (Å²) in [7, 11) is 1.77. The van der Waals surface area contributed by atoms with Gasteiger partial charge in [-0.05, 0) is 68.9 Å². The molecular formula is C26H31N5O3S. The molecule has 0 unspecified atom stereocenters. The zero-order valence-corrected chi connectivity index (χ0v) is 21.4. The topological polar surface area (TPSA) is 99.9 Å². The van der Waals surface area contributed by atoms with E-state index in [1.54, 1.807) is 43.5 Å². The van der Waals surface area contributed by atoms with E-state index in [4.69, 9.17) is 4.74 Å². The Balaban J connectivity index is 1.44.